The van der Waals surface area contributed by atoms with Crippen molar-refractivity contribution < 1.29 is 26.1 Å². The highest BCUT2D eigenvalue weighted by Crippen LogP contribution is 2.30. The van der Waals surface area contributed by atoms with E-state index in [4.69, 9.17) is 4.18 Å². The fraction of sp³-hybridized carbons (Fsp3) is 0.400. The van der Waals surface area contributed by atoms with Gasteiger partial charge in [-0.3, -0.25) is 0 Å². The van der Waals surface area contributed by atoms with E-state index >= 15 is 0 Å². The quantitative estimate of drug-likeness (QED) is 0.784. The molecule has 0 N–H and O–H groups in total. The van der Waals surface area contributed by atoms with E-state index in [2.05, 4.69) is 4.74 Å². The molecule has 0 aliphatic carbocycles. The van der Waals surface area contributed by atoms with E-state index in [1.165, 1.54) is 12.1 Å². The van der Waals surface area contributed by atoms with Crippen molar-refractivity contribution in [3.63, 3.8) is 0 Å². The van der Waals surface area contributed by atoms with Gasteiger partial charge in [-0.25, -0.2) is 0 Å². The van der Waals surface area contributed by atoms with E-state index in [0.717, 1.165) is 6.26 Å². The number of hydrogen-bond donors (Lipinski definition) is 0. The Kier molecular flexibility index (Phi) is 3.92. The molecule has 0 unspecified atom stereocenters. The molecule has 0 radical (unpaired) electrons. The van der Waals surface area contributed by atoms with Gasteiger partial charge in [0, 0.05) is 0 Å². The molecule has 0 bridgehead atoms. The molecule has 17 heavy (non-hydrogen) atoms. The Hall–Kier alpha value is -1.37. The molecule has 0 fully saturated rings. The minimum atomic E-state index is -3.64. The van der Waals surface area contributed by atoms with Crippen LogP contribution in [0.2, 0.25) is 0 Å². The van der Waals surface area contributed by atoms with Crippen LogP contribution in [0.15, 0.2) is 12.1 Å². The van der Waals surface area contributed by atoms with E-state index in [1.807, 2.05) is 0 Å². The highest BCUT2D eigenvalue weighted by Gasteiger charge is 2.14. The molecule has 1 aromatic carbocycles. The molecule has 0 saturated heterocycles. The minimum Gasteiger partial charge on any atom is -0.435 e. The zero-order chi connectivity index (χ0) is 13.2. The summed E-state index contributed by atoms with van der Waals surface area (Å²) < 4.78 is 55.0. The molecule has 0 heterocycles. The Balaban J connectivity index is 3.11. The van der Waals surface area contributed by atoms with Crippen LogP contribution in [-0.4, -0.2) is 21.3 Å². The van der Waals surface area contributed by atoms with Gasteiger partial charge in [0.1, 0.15) is 11.5 Å². The number of ether oxygens (including phenoxy) is 1. The molecule has 0 aromatic heterocycles. The predicted molar refractivity (Wildman–Crippen MR) is 58.0 cm³/mol. The van der Waals surface area contributed by atoms with Crippen molar-refractivity contribution in [1.82, 2.24) is 0 Å². The highest BCUT2D eigenvalue weighted by molar-refractivity contribution is 7.86. The second-order valence-electron chi connectivity index (χ2n) is 3.48. The summed E-state index contributed by atoms with van der Waals surface area (Å²) in [4.78, 5) is 0. The van der Waals surface area contributed by atoms with E-state index in [9.17, 15) is 17.2 Å². The SMILES string of the molecule is Cc1c(OC(F)F)ccc(OS(C)(=O)=O)c1C. The van der Waals surface area contributed by atoms with Crippen LogP contribution in [0.5, 0.6) is 11.5 Å². The van der Waals surface area contributed by atoms with Crippen LogP contribution in [0, 0.1) is 13.8 Å². The van der Waals surface area contributed by atoms with Crippen LogP contribution < -0.4 is 8.92 Å². The summed E-state index contributed by atoms with van der Waals surface area (Å²) in [5.74, 6) is 0.102. The normalized spacial score (nSPS) is 11.6. The molecule has 4 nitrogen and oxygen atoms in total. The van der Waals surface area contributed by atoms with Crippen molar-refractivity contribution in [2.45, 2.75) is 20.5 Å². The van der Waals surface area contributed by atoms with E-state index < -0.39 is 16.7 Å². The molecule has 1 aromatic rings. The minimum absolute atomic E-state index is 0.00153. The van der Waals surface area contributed by atoms with Crippen LogP contribution in [0.3, 0.4) is 0 Å². The number of benzene rings is 1. The van der Waals surface area contributed by atoms with Crippen molar-refractivity contribution in [3.05, 3.63) is 23.3 Å². The monoisotopic (exact) mass is 266 g/mol. The van der Waals surface area contributed by atoms with Crippen LogP contribution in [0.1, 0.15) is 11.1 Å². The van der Waals surface area contributed by atoms with Gasteiger partial charge in [-0.1, -0.05) is 0 Å². The zero-order valence-electron chi connectivity index (χ0n) is 9.53. The molecular weight excluding hydrogens is 254 g/mol. The first-order chi connectivity index (χ1) is 7.70. The standard InChI is InChI=1S/C10H12F2O4S/c1-6-7(2)9(16-17(3,13)14)5-4-8(6)15-10(11)12/h4-5,10H,1-3H3. The number of hydrogen-bond acceptors (Lipinski definition) is 4. The smallest absolute Gasteiger partial charge is 0.387 e. The first kappa shape index (κ1) is 13.7. The second-order valence-corrected chi connectivity index (χ2v) is 5.05. The molecule has 0 atom stereocenters. The molecule has 7 heteroatoms. The summed E-state index contributed by atoms with van der Waals surface area (Å²) in [5.41, 5.74) is 0.847. The van der Waals surface area contributed by atoms with Crippen LogP contribution in [0.25, 0.3) is 0 Å². The summed E-state index contributed by atoms with van der Waals surface area (Å²) in [6.07, 6.45) is 0.908. The van der Waals surface area contributed by atoms with Gasteiger partial charge in [0.25, 0.3) is 0 Å². The van der Waals surface area contributed by atoms with Crippen LogP contribution in [0.4, 0.5) is 8.78 Å². The lowest BCUT2D eigenvalue weighted by atomic mass is 10.1. The van der Waals surface area contributed by atoms with E-state index in [0.29, 0.717) is 11.1 Å². The van der Waals surface area contributed by atoms with Gasteiger partial charge < -0.3 is 8.92 Å². The third-order valence-electron chi connectivity index (χ3n) is 2.14. The third kappa shape index (κ3) is 3.85. The largest absolute Gasteiger partial charge is 0.435 e. The van der Waals surface area contributed by atoms with Gasteiger partial charge in [-0.2, -0.15) is 17.2 Å². The van der Waals surface area contributed by atoms with Gasteiger partial charge in [-0.05, 0) is 37.1 Å². The van der Waals surface area contributed by atoms with Gasteiger partial charge >= 0.3 is 16.7 Å². The summed E-state index contributed by atoms with van der Waals surface area (Å²) in [5, 5.41) is 0. The van der Waals surface area contributed by atoms with Crippen LogP contribution in [-0.2, 0) is 10.1 Å². The maximum atomic E-state index is 12.1. The number of rotatable bonds is 4. The van der Waals surface area contributed by atoms with Gasteiger partial charge in [-0.15, -0.1) is 0 Å². The topological polar surface area (TPSA) is 52.6 Å². The molecule has 0 spiro atoms. The fourth-order valence-electron chi connectivity index (χ4n) is 1.25. The lowest BCUT2D eigenvalue weighted by Crippen LogP contribution is -2.08. The zero-order valence-corrected chi connectivity index (χ0v) is 10.3. The Morgan fingerprint density at radius 3 is 2.06 bits per heavy atom. The molecule has 0 aliphatic rings. The van der Waals surface area contributed by atoms with Gasteiger partial charge in [0.2, 0.25) is 0 Å². The van der Waals surface area contributed by atoms with Gasteiger partial charge in [0.05, 0.1) is 6.26 Å². The van der Waals surface area contributed by atoms with Crippen LogP contribution >= 0.6 is 0 Å². The first-order valence-electron chi connectivity index (χ1n) is 4.65. The molecule has 0 saturated carbocycles. The second kappa shape index (κ2) is 4.87. The van der Waals surface area contributed by atoms with E-state index in [1.54, 1.807) is 13.8 Å². The van der Waals surface area contributed by atoms with Gasteiger partial charge in [0.15, 0.2) is 0 Å². The Labute approximate surface area is 98.3 Å². The van der Waals surface area contributed by atoms with Crippen molar-refractivity contribution in [2.24, 2.45) is 0 Å². The molecule has 96 valence electrons. The maximum Gasteiger partial charge on any atom is 0.387 e. The summed E-state index contributed by atoms with van der Waals surface area (Å²) in [7, 11) is -3.64. The fourth-order valence-corrected chi connectivity index (χ4v) is 1.75. The Morgan fingerprint density at radius 1 is 1.12 bits per heavy atom. The van der Waals surface area contributed by atoms with Crippen molar-refractivity contribution in [1.29, 1.82) is 0 Å². The lowest BCUT2D eigenvalue weighted by molar-refractivity contribution is -0.0503. The highest BCUT2D eigenvalue weighted by atomic mass is 32.2. The molecule has 1 rings (SSSR count). The number of alkyl halides is 2. The Morgan fingerprint density at radius 2 is 1.59 bits per heavy atom. The van der Waals surface area contributed by atoms with Crippen molar-refractivity contribution in [3.8, 4) is 11.5 Å². The first-order valence-corrected chi connectivity index (χ1v) is 6.47. The molecule has 0 aliphatic heterocycles. The molecule has 0 amide bonds. The maximum absolute atomic E-state index is 12.1. The predicted octanol–water partition coefficient (Wildman–Crippen LogP) is 2.24. The van der Waals surface area contributed by atoms with E-state index in [-0.39, 0.29) is 11.5 Å². The average Bonchev–Trinajstić information content (AvgIpc) is 2.15. The summed E-state index contributed by atoms with van der Waals surface area (Å²) >= 11 is 0. The summed E-state index contributed by atoms with van der Waals surface area (Å²) in [6.45, 7) is 0.186. The average molecular weight is 266 g/mol. The van der Waals surface area contributed by atoms with Crippen molar-refractivity contribution >= 4 is 10.1 Å². The Bertz CT molecular complexity index is 511. The molecular formula is C10H12F2O4S. The number of halogens is 2. The third-order valence-corrected chi connectivity index (χ3v) is 2.63. The lowest BCUT2D eigenvalue weighted by Gasteiger charge is -2.13. The van der Waals surface area contributed by atoms with Crippen molar-refractivity contribution in [2.75, 3.05) is 6.26 Å². The summed E-state index contributed by atoms with van der Waals surface area (Å²) in [6, 6.07) is 2.52.